The predicted octanol–water partition coefficient (Wildman–Crippen LogP) is 2.85. The molecule has 1 aromatic carbocycles. The summed E-state index contributed by atoms with van der Waals surface area (Å²) in [5, 5.41) is 10.6. The molecule has 0 unspecified atom stereocenters. The van der Waals surface area contributed by atoms with Crippen LogP contribution in [0, 0.1) is 6.92 Å². The lowest BCUT2D eigenvalue weighted by molar-refractivity contribution is 0.368. The Hall–Kier alpha value is -2.57. The van der Waals surface area contributed by atoms with Crippen LogP contribution in [0.2, 0.25) is 0 Å². The van der Waals surface area contributed by atoms with Gasteiger partial charge in [-0.1, -0.05) is 31.1 Å². The lowest BCUT2D eigenvalue weighted by atomic mass is 10.1. The zero-order valence-corrected chi connectivity index (χ0v) is 17.0. The third-order valence-electron chi connectivity index (χ3n) is 4.26. The Morgan fingerprint density at radius 1 is 1.22 bits per heavy atom. The first-order valence-corrected chi connectivity index (χ1v) is 9.44. The van der Waals surface area contributed by atoms with Crippen LogP contribution in [0.1, 0.15) is 49.0 Å². The van der Waals surface area contributed by atoms with Gasteiger partial charge in [-0.05, 0) is 37.0 Å². The Bertz CT molecular complexity index is 740. The summed E-state index contributed by atoms with van der Waals surface area (Å²) in [6, 6.07) is 6.30. The van der Waals surface area contributed by atoms with Gasteiger partial charge in [-0.15, -0.1) is 0 Å². The summed E-state index contributed by atoms with van der Waals surface area (Å²) >= 11 is 0. The van der Waals surface area contributed by atoms with E-state index in [4.69, 9.17) is 9.26 Å². The minimum atomic E-state index is 0.289. The molecule has 0 aliphatic carbocycles. The van der Waals surface area contributed by atoms with E-state index in [1.807, 2.05) is 6.92 Å². The molecule has 2 N–H and O–H groups in total. The Morgan fingerprint density at radius 3 is 2.67 bits per heavy atom. The molecule has 0 bridgehead atoms. The number of ether oxygens (including phenoxy) is 1. The highest BCUT2D eigenvalue weighted by molar-refractivity contribution is 5.79. The van der Waals surface area contributed by atoms with Crippen LogP contribution in [0.15, 0.2) is 27.7 Å². The Labute approximate surface area is 161 Å². The normalized spacial score (nSPS) is 11.7. The fraction of sp³-hybridized carbons (Fsp3) is 0.550. The standard InChI is InChI=1S/C20H31N5O2/c1-14(2)19-24-18(27-25-19)7-6-11-22-20(21-4)23-12-10-16-9-8-15(3)17(13-16)26-5/h8-9,13-14H,6-7,10-12H2,1-5H3,(H2,21,22,23). The molecule has 1 heterocycles. The molecule has 0 fully saturated rings. The van der Waals surface area contributed by atoms with E-state index in [9.17, 15) is 0 Å². The topological polar surface area (TPSA) is 84.6 Å². The molecule has 0 aliphatic heterocycles. The van der Waals surface area contributed by atoms with Crippen molar-refractivity contribution in [3.8, 4) is 5.75 Å². The number of guanidine groups is 1. The second-order valence-corrected chi connectivity index (χ2v) is 6.78. The van der Waals surface area contributed by atoms with Gasteiger partial charge in [-0.25, -0.2) is 0 Å². The van der Waals surface area contributed by atoms with Gasteiger partial charge < -0.3 is 19.9 Å². The highest BCUT2D eigenvalue weighted by atomic mass is 16.5. The number of benzene rings is 1. The number of aliphatic imine (C=N–C) groups is 1. The van der Waals surface area contributed by atoms with Crippen LogP contribution in [0.25, 0.3) is 0 Å². The number of methoxy groups -OCH3 is 1. The summed E-state index contributed by atoms with van der Waals surface area (Å²) < 4.78 is 10.6. The lowest BCUT2D eigenvalue weighted by Gasteiger charge is -2.12. The number of hydrogen-bond acceptors (Lipinski definition) is 5. The van der Waals surface area contributed by atoms with Crippen LogP contribution in [-0.4, -0.2) is 43.3 Å². The quantitative estimate of drug-likeness (QED) is 0.399. The first-order valence-electron chi connectivity index (χ1n) is 9.44. The first kappa shape index (κ1) is 20.7. The number of aromatic nitrogens is 2. The van der Waals surface area contributed by atoms with Crippen molar-refractivity contribution in [1.29, 1.82) is 0 Å². The number of aryl methyl sites for hydroxylation is 2. The summed E-state index contributed by atoms with van der Waals surface area (Å²) in [5.41, 5.74) is 2.38. The molecule has 27 heavy (non-hydrogen) atoms. The van der Waals surface area contributed by atoms with E-state index in [1.165, 1.54) is 5.56 Å². The van der Waals surface area contributed by atoms with Gasteiger partial charge in [0.05, 0.1) is 7.11 Å². The van der Waals surface area contributed by atoms with Crippen LogP contribution in [0.4, 0.5) is 0 Å². The highest BCUT2D eigenvalue weighted by Crippen LogP contribution is 2.19. The zero-order chi connectivity index (χ0) is 19.6. The molecule has 7 heteroatoms. The molecule has 7 nitrogen and oxygen atoms in total. The summed E-state index contributed by atoms with van der Waals surface area (Å²) in [7, 11) is 3.48. The van der Waals surface area contributed by atoms with E-state index < -0.39 is 0 Å². The summed E-state index contributed by atoms with van der Waals surface area (Å²) in [5.74, 6) is 3.47. The van der Waals surface area contributed by atoms with Crippen molar-refractivity contribution in [2.75, 3.05) is 27.2 Å². The minimum absolute atomic E-state index is 0.289. The van der Waals surface area contributed by atoms with Gasteiger partial charge in [0, 0.05) is 32.5 Å². The van der Waals surface area contributed by atoms with E-state index in [-0.39, 0.29) is 5.92 Å². The Kier molecular flexibility index (Phi) is 8.10. The van der Waals surface area contributed by atoms with Crippen LogP contribution in [0.3, 0.4) is 0 Å². The van der Waals surface area contributed by atoms with Crippen LogP contribution in [0.5, 0.6) is 5.75 Å². The molecule has 1 aromatic heterocycles. The van der Waals surface area contributed by atoms with Gasteiger partial charge in [0.2, 0.25) is 5.89 Å². The monoisotopic (exact) mass is 373 g/mol. The number of nitrogens with zero attached hydrogens (tertiary/aromatic N) is 3. The molecule has 0 amide bonds. The molecular weight excluding hydrogens is 342 g/mol. The Balaban J connectivity index is 1.68. The second kappa shape index (κ2) is 10.5. The maximum absolute atomic E-state index is 5.38. The molecular formula is C20H31N5O2. The lowest BCUT2D eigenvalue weighted by Crippen LogP contribution is -2.38. The highest BCUT2D eigenvalue weighted by Gasteiger charge is 2.09. The van der Waals surface area contributed by atoms with Crippen molar-refractivity contribution < 1.29 is 9.26 Å². The summed E-state index contributed by atoms with van der Waals surface area (Å²) in [4.78, 5) is 8.65. The molecule has 0 spiro atoms. The van der Waals surface area contributed by atoms with E-state index in [1.54, 1.807) is 14.2 Å². The molecule has 0 saturated carbocycles. The summed E-state index contributed by atoms with van der Waals surface area (Å²) in [6.07, 6.45) is 2.56. The minimum Gasteiger partial charge on any atom is -0.496 e. The SMILES string of the molecule is CN=C(NCCCc1nc(C(C)C)no1)NCCc1ccc(C)c(OC)c1. The zero-order valence-electron chi connectivity index (χ0n) is 17.0. The van der Waals surface area contributed by atoms with Gasteiger partial charge in [0.25, 0.3) is 0 Å². The van der Waals surface area contributed by atoms with Crippen molar-refractivity contribution in [2.45, 2.75) is 46.0 Å². The van der Waals surface area contributed by atoms with E-state index in [0.717, 1.165) is 55.4 Å². The average molecular weight is 374 g/mol. The maximum Gasteiger partial charge on any atom is 0.226 e. The molecule has 148 valence electrons. The second-order valence-electron chi connectivity index (χ2n) is 6.78. The van der Waals surface area contributed by atoms with Gasteiger partial charge >= 0.3 is 0 Å². The summed E-state index contributed by atoms with van der Waals surface area (Å²) in [6.45, 7) is 7.74. The van der Waals surface area contributed by atoms with Crippen molar-refractivity contribution in [3.63, 3.8) is 0 Å². The van der Waals surface area contributed by atoms with Gasteiger partial charge in [-0.2, -0.15) is 4.98 Å². The molecule has 0 atom stereocenters. The number of nitrogens with one attached hydrogen (secondary N) is 2. The number of hydrogen-bond donors (Lipinski definition) is 2. The maximum atomic E-state index is 5.38. The first-order chi connectivity index (χ1) is 13.0. The van der Waals surface area contributed by atoms with Crippen molar-refractivity contribution >= 4 is 5.96 Å². The van der Waals surface area contributed by atoms with E-state index in [2.05, 4.69) is 57.8 Å². The average Bonchev–Trinajstić information content (AvgIpc) is 3.14. The van der Waals surface area contributed by atoms with Crippen molar-refractivity contribution in [2.24, 2.45) is 4.99 Å². The fourth-order valence-corrected chi connectivity index (χ4v) is 2.62. The van der Waals surface area contributed by atoms with Crippen LogP contribution >= 0.6 is 0 Å². The van der Waals surface area contributed by atoms with Crippen molar-refractivity contribution in [3.05, 3.63) is 41.0 Å². The fourth-order valence-electron chi connectivity index (χ4n) is 2.62. The Morgan fingerprint density at radius 2 is 2.00 bits per heavy atom. The van der Waals surface area contributed by atoms with Gasteiger partial charge in [-0.3, -0.25) is 4.99 Å². The van der Waals surface area contributed by atoms with E-state index in [0.29, 0.717) is 5.89 Å². The molecule has 2 rings (SSSR count). The smallest absolute Gasteiger partial charge is 0.226 e. The third kappa shape index (κ3) is 6.58. The molecule has 0 radical (unpaired) electrons. The third-order valence-corrected chi connectivity index (χ3v) is 4.26. The van der Waals surface area contributed by atoms with E-state index >= 15 is 0 Å². The van der Waals surface area contributed by atoms with Gasteiger partial charge in [0.1, 0.15) is 5.75 Å². The molecule has 0 saturated heterocycles. The number of rotatable bonds is 9. The van der Waals surface area contributed by atoms with Crippen molar-refractivity contribution in [1.82, 2.24) is 20.8 Å². The molecule has 0 aliphatic rings. The van der Waals surface area contributed by atoms with Crippen LogP contribution in [-0.2, 0) is 12.8 Å². The molecule has 2 aromatic rings. The predicted molar refractivity (Wildman–Crippen MR) is 108 cm³/mol. The van der Waals surface area contributed by atoms with Gasteiger partial charge in [0.15, 0.2) is 11.8 Å². The van der Waals surface area contributed by atoms with Crippen LogP contribution < -0.4 is 15.4 Å². The largest absolute Gasteiger partial charge is 0.496 e.